The van der Waals surface area contributed by atoms with Crippen molar-refractivity contribution in [2.75, 3.05) is 0 Å². The number of rotatable bonds is 4. The van der Waals surface area contributed by atoms with Crippen LogP contribution < -0.4 is 0 Å². The van der Waals surface area contributed by atoms with E-state index in [2.05, 4.69) is 36.7 Å². The van der Waals surface area contributed by atoms with Crippen molar-refractivity contribution in [3.63, 3.8) is 0 Å². The Morgan fingerprint density at radius 2 is 1.81 bits per heavy atom. The SMILES string of the molecule is CC(C)C(Cc1ccc(Cl)cc1Cl)C(C)Br. The van der Waals surface area contributed by atoms with Crippen molar-refractivity contribution < 1.29 is 0 Å². The van der Waals surface area contributed by atoms with E-state index in [1.807, 2.05) is 18.2 Å². The molecular formula is C13H17BrCl2. The molecule has 0 aliphatic carbocycles. The van der Waals surface area contributed by atoms with E-state index in [9.17, 15) is 0 Å². The van der Waals surface area contributed by atoms with Crippen LogP contribution in [0.1, 0.15) is 26.3 Å². The van der Waals surface area contributed by atoms with Gasteiger partial charge in [-0.2, -0.15) is 0 Å². The number of hydrogen-bond donors (Lipinski definition) is 0. The van der Waals surface area contributed by atoms with Gasteiger partial charge in [0.15, 0.2) is 0 Å². The summed E-state index contributed by atoms with van der Waals surface area (Å²) in [6.07, 6.45) is 0.986. The highest BCUT2D eigenvalue weighted by atomic mass is 79.9. The maximum absolute atomic E-state index is 6.18. The first-order valence-electron chi connectivity index (χ1n) is 5.49. The fourth-order valence-corrected chi connectivity index (χ4v) is 3.15. The Balaban J connectivity index is 2.85. The third kappa shape index (κ3) is 3.94. The Labute approximate surface area is 116 Å². The zero-order valence-corrected chi connectivity index (χ0v) is 12.9. The molecule has 16 heavy (non-hydrogen) atoms. The Bertz CT molecular complexity index is 340. The molecule has 0 aliphatic rings. The van der Waals surface area contributed by atoms with Gasteiger partial charge in [-0.05, 0) is 36.0 Å². The molecule has 0 aliphatic heterocycles. The largest absolute Gasteiger partial charge is 0.0890 e. The summed E-state index contributed by atoms with van der Waals surface area (Å²) in [6.45, 7) is 6.67. The first-order valence-corrected chi connectivity index (χ1v) is 7.17. The van der Waals surface area contributed by atoms with Crippen LogP contribution in [0, 0.1) is 11.8 Å². The molecule has 90 valence electrons. The Morgan fingerprint density at radius 1 is 1.19 bits per heavy atom. The van der Waals surface area contributed by atoms with Crippen molar-refractivity contribution in [3.05, 3.63) is 33.8 Å². The maximum Gasteiger partial charge on any atom is 0.0452 e. The van der Waals surface area contributed by atoms with E-state index in [4.69, 9.17) is 23.2 Å². The van der Waals surface area contributed by atoms with Crippen LogP contribution >= 0.6 is 39.1 Å². The lowest BCUT2D eigenvalue weighted by Gasteiger charge is -2.24. The van der Waals surface area contributed by atoms with Gasteiger partial charge in [-0.25, -0.2) is 0 Å². The second kappa shape index (κ2) is 6.28. The fourth-order valence-electron chi connectivity index (χ4n) is 1.87. The van der Waals surface area contributed by atoms with Crippen molar-refractivity contribution in [2.45, 2.75) is 32.0 Å². The molecule has 0 saturated heterocycles. The van der Waals surface area contributed by atoms with Gasteiger partial charge >= 0.3 is 0 Å². The monoisotopic (exact) mass is 322 g/mol. The molecular weight excluding hydrogens is 307 g/mol. The standard InChI is InChI=1S/C13H17BrCl2/c1-8(2)12(9(3)14)6-10-4-5-11(15)7-13(10)16/h4-5,7-9,12H,6H2,1-3H3. The van der Waals surface area contributed by atoms with E-state index in [0.717, 1.165) is 11.4 Å². The minimum atomic E-state index is 0.485. The normalized spacial score (nSPS) is 15.2. The summed E-state index contributed by atoms with van der Waals surface area (Å²) in [6, 6.07) is 5.74. The molecule has 0 fully saturated rings. The molecule has 1 aromatic carbocycles. The Morgan fingerprint density at radius 3 is 2.25 bits per heavy atom. The predicted molar refractivity (Wildman–Crippen MR) is 76.9 cm³/mol. The molecule has 0 amide bonds. The van der Waals surface area contributed by atoms with E-state index >= 15 is 0 Å². The van der Waals surface area contributed by atoms with Gasteiger partial charge in [0.25, 0.3) is 0 Å². The third-order valence-electron chi connectivity index (χ3n) is 2.92. The predicted octanol–water partition coefficient (Wildman–Crippen LogP) is 5.59. The molecule has 0 nitrogen and oxygen atoms in total. The van der Waals surface area contributed by atoms with Crippen molar-refractivity contribution >= 4 is 39.1 Å². The molecule has 0 heterocycles. The zero-order valence-electron chi connectivity index (χ0n) is 9.81. The molecule has 2 unspecified atom stereocenters. The van der Waals surface area contributed by atoms with Gasteiger partial charge in [-0.3, -0.25) is 0 Å². The number of benzene rings is 1. The second-order valence-corrected chi connectivity index (χ2v) is 6.81. The molecule has 0 saturated carbocycles. The maximum atomic E-state index is 6.18. The summed E-state index contributed by atoms with van der Waals surface area (Å²) in [5.41, 5.74) is 1.18. The van der Waals surface area contributed by atoms with Crippen molar-refractivity contribution in [1.29, 1.82) is 0 Å². The van der Waals surface area contributed by atoms with E-state index in [0.29, 0.717) is 21.7 Å². The van der Waals surface area contributed by atoms with E-state index in [-0.39, 0.29) is 0 Å². The van der Waals surface area contributed by atoms with Crippen molar-refractivity contribution in [3.8, 4) is 0 Å². The highest BCUT2D eigenvalue weighted by Gasteiger charge is 2.20. The van der Waals surface area contributed by atoms with Gasteiger partial charge in [0.05, 0.1) is 0 Å². The van der Waals surface area contributed by atoms with Crippen LogP contribution in [0.15, 0.2) is 18.2 Å². The molecule has 2 atom stereocenters. The Hall–Kier alpha value is 0.280. The molecule has 0 bridgehead atoms. The zero-order chi connectivity index (χ0) is 12.3. The number of hydrogen-bond acceptors (Lipinski definition) is 0. The highest BCUT2D eigenvalue weighted by Crippen LogP contribution is 2.29. The van der Waals surface area contributed by atoms with Crippen LogP contribution in [0.3, 0.4) is 0 Å². The van der Waals surface area contributed by atoms with Crippen LogP contribution in [-0.4, -0.2) is 4.83 Å². The topological polar surface area (TPSA) is 0 Å². The van der Waals surface area contributed by atoms with Crippen molar-refractivity contribution in [1.82, 2.24) is 0 Å². The first-order chi connectivity index (χ1) is 7.41. The quantitative estimate of drug-likeness (QED) is 0.633. The lowest BCUT2D eigenvalue weighted by atomic mass is 9.87. The highest BCUT2D eigenvalue weighted by molar-refractivity contribution is 9.09. The van der Waals surface area contributed by atoms with E-state index < -0.39 is 0 Å². The van der Waals surface area contributed by atoms with E-state index in [1.165, 1.54) is 5.56 Å². The smallest absolute Gasteiger partial charge is 0.0452 e. The van der Waals surface area contributed by atoms with Gasteiger partial charge in [0, 0.05) is 14.9 Å². The van der Waals surface area contributed by atoms with Crippen LogP contribution in [0.2, 0.25) is 10.0 Å². The molecule has 0 spiro atoms. The van der Waals surface area contributed by atoms with Crippen LogP contribution in [-0.2, 0) is 6.42 Å². The number of alkyl halides is 1. The molecule has 3 heteroatoms. The Kier molecular flexibility index (Phi) is 5.63. The lowest BCUT2D eigenvalue weighted by molar-refractivity contribution is 0.384. The minimum Gasteiger partial charge on any atom is -0.0890 e. The average molecular weight is 324 g/mol. The lowest BCUT2D eigenvalue weighted by Crippen LogP contribution is -2.20. The van der Waals surface area contributed by atoms with Gasteiger partial charge in [0.1, 0.15) is 0 Å². The summed E-state index contributed by atoms with van der Waals surface area (Å²) < 4.78 is 0. The summed E-state index contributed by atoms with van der Waals surface area (Å²) in [5, 5.41) is 1.47. The molecule has 0 radical (unpaired) electrons. The molecule has 0 N–H and O–H groups in total. The average Bonchev–Trinajstić information content (AvgIpc) is 2.15. The minimum absolute atomic E-state index is 0.485. The summed E-state index contributed by atoms with van der Waals surface area (Å²) >= 11 is 15.7. The number of halogens is 3. The van der Waals surface area contributed by atoms with Gasteiger partial charge in [-0.15, -0.1) is 0 Å². The molecule has 1 rings (SSSR count). The van der Waals surface area contributed by atoms with Crippen LogP contribution in [0.25, 0.3) is 0 Å². The summed E-state index contributed by atoms with van der Waals surface area (Å²) in [7, 11) is 0. The van der Waals surface area contributed by atoms with Gasteiger partial charge in [0.2, 0.25) is 0 Å². The van der Waals surface area contributed by atoms with Crippen LogP contribution in [0.4, 0.5) is 0 Å². The van der Waals surface area contributed by atoms with Gasteiger partial charge in [-0.1, -0.05) is 66.0 Å². The molecule has 0 aromatic heterocycles. The summed E-state index contributed by atoms with van der Waals surface area (Å²) in [5.74, 6) is 1.21. The van der Waals surface area contributed by atoms with Crippen LogP contribution in [0.5, 0.6) is 0 Å². The summed E-state index contributed by atoms with van der Waals surface area (Å²) in [4.78, 5) is 0.485. The van der Waals surface area contributed by atoms with Gasteiger partial charge < -0.3 is 0 Å². The molecule has 1 aromatic rings. The van der Waals surface area contributed by atoms with Crippen molar-refractivity contribution in [2.24, 2.45) is 11.8 Å². The second-order valence-electron chi connectivity index (χ2n) is 4.53. The third-order valence-corrected chi connectivity index (χ3v) is 4.18. The van der Waals surface area contributed by atoms with E-state index in [1.54, 1.807) is 0 Å². The first kappa shape index (κ1) is 14.3. The fraction of sp³-hybridized carbons (Fsp3) is 0.538.